The number of esters is 3. The molecule has 1 unspecified atom stereocenters. The molecule has 0 N–H and O–H groups in total. The minimum atomic E-state index is -0.811. The molecule has 0 aliphatic rings. The fraction of sp³-hybridized carbons (Fsp3) is 0.698. The van der Waals surface area contributed by atoms with Gasteiger partial charge in [0, 0.05) is 19.3 Å². The Bertz CT molecular complexity index is 1380. The summed E-state index contributed by atoms with van der Waals surface area (Å²) in [6.45, 7) is 6.41. The molecule has 0 saturated heterocycles. The Balaban J connectivity index is 4.43. The Hall–Kier alpha value is -3.67. The number of carbonyl (C=O) groups excluding carboxylic acids is 3. The van der Waals surface area contributed by atoms with Crippen molar-refractivity contribution in [2.45, 2.75) is 271 Å². The van der Waals surface area contributed by atoms with Crippen molar-refractivity contribution < 1.29 is 28.6 Å². The molecule has 0 aromatic rings. The summed E-state index contributed by atoms with van der Waals surface area (Å²) in [6.07, 6.45) is 75.5. The van der Waals surface area contributed by atoms with Crippen LogP contribution in [-0.2, 0) is 28.6 Å². The summed E-state index contributed by atoms with van der Waals surface area (Å²) in [5.41, 5.74) is 0. The molecule has 0 aliphatic heterocycles. The second kappa shape index (κ2) is 56.9. The summed E-state index contributed by atoms with van der Waals surface area (Å²) < 4.78 is 16.8. The highest BCUT2D eigenvalue weighted by Gasteiger charge is 2.19. The number of rotatable bonds is 51. The van der Waals surface area contributed by atoms with Crippen molar-refractivity contribution in [3.8, 4) is 0 Å². The highest BCUT2D eigenvalue weighted by molar-refractivity contribution is 5.71. The maximum absolute atomic E-state index is 12.9. The summed E-state index contributed by atoms with van der Waals surface area (Å²) in [4.78, 5) is 38.1. The molecular weight excluding hydrogens is 853 g/mol. The van der Waals surface area contributed by atoms with Gasteiger partial charge in [-0.15, -0.1) is 0 Å². The predicted octanol–water partition coefficient (Wildman–Crippen LogP) is 19.3. The molecule has 0 radical (unpaired) electrons. The van der Waals surface area contributed by atoms with Gasteiger partial charge in [0.1, 0.15) is 13.2 Å². The van der Waals surface area contributed by atoms with Gasteiger partial charge in [0.05, 0.1) is 0 Å². The van der Waals surface area contributed by atoms with Gasteiger partial charge < -0.3 is 14.2 Å². The van der Waals surface area contributed by atoms with Crippen molar-refractivity contribution in [2.24, 2.45) is 0 Å². The topological polar surface area (TPSA) is 78.9 Å². The van der Waals surface area contributed by atoms with Gasteiger partial charge in [0.2, 0.25) is 0 Å². The molecule has 6 heteroatoms. The van der Waals surface area contributed by atoms with Crippen LogP contribution in [0.5, 0.6) is 0 Å². The highest BCUT2D eigenvalue weighted by atomic mass is 16.6. The van der Waals surface area contributed by atoms with Crippen molar-refractivity contribution >= 4 is 17.9 Å². The van der Waals surface area contributed by atoms with E-state index in [1.807, 2.05) is 54.7 Å². The standard InChI is InChI=1S/C63H106O6/c1-4-7-10-13-16-19-22-25-27-29-31-33-35-38-41-44-47-50-53-56-62(65)68-59-60(58-67-61(64)55-52-49-46-43-40-37-24-21-18-15-12-9-6-3)69-63(66)57-54-51-48-45-42-39-36-34-32-30-28-26-23-20-17-14-11-8-5-2/h9,12,15-16,18-19,21-22,24-25,30,32,37,40,43,46,60H,4-8,10-11,13-14,17,20,23,26-29,31,33-36,38-39,41-42,44-45,47-59H2,1-3H3/b12-9+,18-15+,19-16+,24-21+,25-22+,32-30+,40-37+,46-43+. The summed E-state index contributed by atoms with van der Waals surface area (Å²) >= 11 is 0. The molecule has 1 atom stereocenters. The second-order valence-electron chi connectivity index (χ2n) is 19.0. The second-order valence-corrected chi connectivity index (χ2v) is 19.0. The van der Waals surface area contributed by atoms with E-state index in [9.17, 15) is 14.4 Å². The lowest BCUT2D eigenvalue weighted by Crippen LogP contribution is -2.30. The summed E-state index contributed by atoms with van der Waals surface area (Å²) in [6, 6.07) is 0. The quantitative estimate of drug-likeness (QED) is 0.0199. The maximum Gasteiger partial charge on any atom is 0.306 e. The number of ether oxygens (including phenoxy) is 3. The fourth-order valence-corrected chi connectivity index (χ4v) is 7.87. The molecule has 394 valence electrons. The van der Waals surface area contributed by atoms with Crippen LogP contribution in [0.4, 0.5) is 0 Å². The van der Waals surface area contributed by atoms with E-state index >= 15 is 0 Å². The number of hydrogen-bond acceptors (Lipinski definition) is 6. The number of carbonyl (C=O) groups is 3. The van der Waals surface area contributed by atoms with Gasteiger partial charge in [0.25, 0.3) is 0 Å². The number of hydrogen-bond donors (Lipinski definition) is 0. The van der Waals surface area contributed by atoms with Gasteiger partial charge in [-0.2, -0.15) is 0 Å². The molecule has 0 bridgehead atoms. The van der Waals surface area contributed by atoms with Crippen molar-refractivity contribution in [2.75, 3.05) is 13.2 Å². The molecule has 6 nitrogen and oxygen atoms in total. The first-order valence-corrected chi connectivity index (χ1v) is 28.8. The first-order chi connectivity index (χ1) is 34.0. The summed E-state index contributed by atoms with van der Waals surface area (Å²) in [5.74, 6) is -0.985. The zero-order chi connectivity index (χ0) is 50.0. The Labute approximate surface area is 426 Å². The lowest BCUT2D eigenvalue weighted by atomic mass is 10.1. The van der Waals surface area contributed by atoms with E-state index in [1.54, 1.807) is 0 Å². The summed E-state index contributed by atoms with van der Waals surface area (Å²) in [5, 5.41) is 0. The zero-order valence-electron chi connectivity index (χ0n) is 45.0. The Morgan fingerprint density at radius 1 is 0.304 bits per heavy atom. The van der Waals surface area contributed by atoms with Crippen LogP contribution >= 0.6 is 0 Å². The molecule has 0 amide bonds. The largest absolute Gasteiger partial charge is 0.462 e. The predicted molar refractivity (Wildman–Crippen MR) is 297 cm³/mol. The fourth-order valence-electron chi connectivity index (χ4n) is 7.87. The van der Waals surface area contributed by atoms with E-state index in [-0.39, 0.29) is 37.5 Å². The third kappa shape index (κ3) is 55.1. The lowest BCUT2D eigenvalue weighted by Gasteiger charge is -2.18. The Kier molecular flexibility index (Phi) is 53.9. The van der Waals surface area contributed by atoms with Gasteiger partial charge in [-0.1, -0.05) is 259 Å². The van der Waals surface area contributed by atoms with Crippen LogP contribution in [0.1, 0.15) is 265 Å². The molecule has 0 aromatic carbocycles. The van der Waals surface area contributed by atoms with E-state index in [1.165, 1.54) is 167 Å². The van der Waals surface area contributed by atoms with Crippen molar-refractivity contribution in [1.29, 1.82) is 0 Å². The first kappa shape index (κ1) is 65.3. The summed E-state index contributed by atoms with van der Waals surface area (Å²) in [7, 11) is 0. The smallest absolute Gasteiger partial charge is 0.306 e. The van der Waals surface area contributed by atoms with Gasteiger partial charge in [-0.3, -0.25) is 14.4 Å². The minimum Gasteiger partial charge on any atom is -0.462 e. The average Bonchev–Trinajstić information content (AvgIpc) is 3.35. The molecule has 0 aliphatic carbocycles. The normalized spacial score (nSPS) is 12.8. The first-order valence-electron chi connectivity index (χ1n) is 28.8. The van der Waals surface area contributed by atoms with Gasteiger partial charge in [-0.25, -0.2) is 0 Å². The van der Waals surface area contributed by atoms with E-state index in [0.29, 0.717) is 19.3 Å². The van der Waals surface area contributed by atoms with Crippen molar-refractivity contribution in [3.63, 3.8) is 0 Å². The number of unbranched alkanes of at least 4 members (excludes halogenated alkanes) is 29. The highest BCUT2D eigenvalue weighted by Crippen LogP contribution is 2.15. The van der Waals surface area contributed by atoms with Crippen LogP contribution in [-0.4, -0.2) is 37.2 Å². The molecule has 0 heterocycles. The van der Waals surface area contributed by atoms with E-state index < -0.39 is 6.10 Å². The van der Waals surface area contributed by atoms with Crippen LogP contribution in [0.25, 0.3) is 0 Å². The average molecular weight is 960 g/mol. The molecule has 0 aromatic heterocycles. The van der Waals surface area contributed by atoms with Crippen molar-refractivity contribution in [1.82, 2.24) is 0 Å². The van der Waals surface area contributed by atoms with Gasteiger partial charge >= 0.3 is 17.9 Å². The molecule has 0 fully saturated rings. The van der Waals surface area contributed by atoms with Crippen LogP contribution < -0.4 is 0 Å². The van der Waals surface area contributed by atoms with E-state index in [4.69, 9.17) is 14.2 Å². The Morgan fingerprint density at radius 3 is 1.03 bits per heavy atom. The van der Waals surface area contributed by atoms with Crippen LogP contribution in [0.2, 0.25) is 0 Å². The van der Waals surface area contributed by atoms with Crippen molar-refractivity contribution in [3.05, 3.63) is 97.2 Å². The Morgan fingerprint density at radius 2 is 0.594 bits per heavy atom. The molecule has 0 rings (SSSR count). The van der Waals surface area contributed by atoms with E-state index in [2.05, 4.69) is 63.3 Å². The zero-order valence-corrected chi connectivity index (χ0v) is 45.0. The third-order valence-corrected chi connectivity index (χ3v) is 12.2. The maximum atomic E-state index is 12.9. The van der Waals surface area contributed by atoms with Gasteiger partial charge in [0.15, 0.2) is 6.10 Å². The monoisotopic (exact) mass is 959 g/mol. The third-order valence-electron chi connectivity index (χ3n) is 12.2. The molecule has 0 saturated carbocycles. The minimum absolute atomic E-state index is 0.104. The molecule has 0 spiro atoms. The van der Waals surface area contributed by atoms with Crippen LogP contribution in [0.3, 0.4) is 0 Å². The lowest BCUT2D eigenvalue weighted by molar-refractivity contribution is -0.167. The number of allylic oxidation sites excluding steroid dienone is 16. The van der Waals surface area contributed by atoms with Gasteiger partial charge in [-0.05, 0) is 83.5 Å². The van der Waals surface area contributed by atoms with Crippen LogP contribution in [0.15, 0.2) is 97.2 Å². The SMILES string of the molecule is CC/C=C/C=C/C=C/C=C/C=C/CCCC(=O)OCC(COC(=O)CCCCCCCCCCCC/C=C/C=C/CCCCC)OC(=O)CCCCCCCCC/C=C/CCCCCCCCCC. The molecule has 69 heavy (non-hydrogen) atoms. The molecular formula is C63H106O6. The van der Waals surface area contributed by atoms with Crippen LogP contribution in [0, 0.1) is 0 Å². The van der Waals surface area contributed by atoms with E-state index in [0.717, 1.165) is 51.4 Å².